The average molecular weight is 293 g/mol. The second-order valence-corrected chi connectivity index (χ2v) is 4.73. The van der Waals surface area contributed by atoms with Crippen LogP contribution in [-0.4, -0.2) is 25.6 Å². The van der Waals surface area contributed by atoms with Gasteiger partial charge in [0.15, 0.2) is 0 Å². The average Bonchev–Trinajstić information content (AvgIpc) is 2.52. The van der Waals surface area contributed by atoms with Crippen molar-refractivity contribution >= 4 is 11.9 Å². The molecule has 0 atom stereocenters. The first-order valence-electron chi connectivity index (χ1n) is 7.25. The molecule has 0 saturated heterocycles. The summed E-state index contributed by atoms with van der Waals surface area (Å²) in [6.07, 6.45) is 4.04. The largest absolute Gasteiger partial charge is 0.497 e. The van der Waals surface area contributed by atoms with Crippen LogP contribution in [0.1, 0.15) is 38.2 Å². The zero-order valence-corrected chi connectivity index (χ0v) is 12.7. The lowest BCUT2D eigenvalue weighted by Gasteiger charge is -2.07. The van der Waals surface area contributed by atoms with E-state index in [0.29, 0.717) is 6.61 Å². The Kier molecular flexibility index (Phi) is 7.94. The van der Waals surface area contributed by atoms with Gasteiger partial charge in [-0.1, -0.05) is 38.3 Å². The molecule has 1 rings (SSSR count). The summed E-state index contributed by atoms with van der Waals surface area (Å²) in [4.78, 5) is 23.0. The molecular weight excluding hydrogens is 270 g/mol. The molecule has 0 bridgehead atoms. The normalized spacial score (nSPS) is 10.0. The van der Waals surface area contributed by atoms with Crippen LogP contribution in [0.15, 0.2) is 24.3 Å². The summed E-state index contributed by atoms with van der Waals surface area (Å²) in [6, 6.07) is 7.26. The van der Waals surface area contributed by atoms with E-state index in [2.05, 4.69) is 12.2 Å². The van der Waals surface area contributed by atoms with Gasteiger partial charge in [0, 0.05) is 6.54 Å². The molecule has 5 heteroatoms. The number of benzene rings is 1. The standard InChI is InChI=1S/C16H23NO4/c1-3-4-5-6-11-21-16(19)15(18)17-12-13-7-9-14(20-2)10-8-13/h7-10H,3-6,11-12H2,1-2H3,(H,17,18). The molecule has 1 N–H and O–H groups in total. The third kappa shape index (κ3) is 6.79. The number of esters is 1. The van der Waals surface area contributed by atoms with Crippen molar-refractivity contribution in [3.05, 3.63) is 29.8 Å². The van der Waals surface area contributed by atoms with Gasteiger partial charge in [-0.2, -0.15) is 0 Å². The molecule has 0 aliphatic carbocycles. The first-order valence-corrected chi connectivity index (χ1v) is 7.25. The molecule has 0 radical (unpaired) electrons. The van der Waals surface area contributed by atoms with Gasteiger partial charge in [0.2, 0.25) is 0 Å². The third-order valence-electron chi connectivity index (χ3n) is 3.03. The van der Waals surface area contributed by atoms with Crippen molar-refractivity contribution in [2.75, 3.05) is 13.7 Å². The van der Waals surface area contributed by atoms with E-state index in [1.165, 1.54) is 0 Å². The van der Waals surface area contributed by atoms with Crippen LogP contribution in [0, 0.1) is 0 Å². The van der Waals surface area contributed by atoms with E-state index < -0.39 is 11.9 Å². The molecule has 21 heavy (non-hydrogen) atoms. The van der Waals surface area contributed by atoms with Gasteiger partial charge in [-0.25, -0.2) is 4.79 Å². The van der Waals surface area contributed by atoms with Crippen molar-refractivity contribution in [3.8, 4) is 5.75 Å². The molecule has 5 nitrogen and oxygen atoms in total. The van der Waals surface area contributed by atoms with E-state index in [0.717, 1.165) is 37.0 Å². The number of unbranched alkanes of at least 4 members (excludes halogenated alkanes) is 3. The molecule has 0 saturated carbocycles. The lowest BCUT2D eigenvalue weighted by molar-refractivity contribution is -0.155. The molecule has 0 aliphatic heterocycles. The van der Waals surface area contributed by atoms with Gasteiger partial charge in [0.05, 0.1) is 13.7 Å². The summed E-state index contributed by atoms with van der Waals surface area (Å²) in [5, 5.41) is 2.53. The Bertz CT molecular complexity index is 442. The molecule has 0 aromatic heterocycles. The molecule has 0 heterocycles. The third-order valence-corrected chi connectivity index (χ3v) is 3.03. The maximum atomic E-state index is 11.5. The zero-order valence-electron chi connectivity index (χ0n) is 12.7. The van der Waals surface area contributed by atoms with E-state index in [1.807, 2.05) is 12.1 Å². The van der Waals surface area contributed by atoms with E-state index in [1.54, 1.807) is 19.2 Å². The van der Waals surface area contributed by atoms with Gasteiger partial charge in [0.25, 0.3) is 0 Å². The second kappa shape index (κ2) is 9.80. The van der Waals surface area contributed by atoms with E-state index >= 15 is 0 Å². The van der Waals surface area contributed by atoms with Crippen molar-refractivity contribution in [2.45, 2.75) is 39.2 Å². The van der Waals surface area contributed by atoms with E-state index in [9.17, 15) is 9.59 Å². The predicted octanol–water partition coefficient (Wildman–Crippen LogP) is 2.43. The Morgan fingerprint density at radius 1 is 1.10 bits per heavy atom. The Morgan fingerprint density at radius 2 is 1.81 bits per heavy atom. The fraction of sp³-hybridized carbons (Fsp3) is 0.500. The fourth-order valence-electron chi connectivity index (χ4n) is 1.76. The van der Waals surface area contributed by atoms with Crippen LogP contribution in [0.3, 0.4) is 0 Å². The summed E-state index contributed by atoms with van der Waals surface area (Å²) < 4.78 is 9.95. The molecule has 1 amide bonds. The summed E-state index contributed by atoms with van der Waals surface area (Å²) in [6.45, 7) is 2.70. The number of ether oxygens (including phenoxy) is 2. The smallest absolute Gasteiger partial charge is 0.396 e. The minimum atomic E-state index is -0.819. The van der Waals surface area contributed by atoms with Gasteiger partial charge in [0.1, 0.15) is 5.75 Å². The lowest BCUT2D eigenvalue weighted by Crippen LogP contribution is -2.32. The molecular formula is C16H23NO4. The highest BCUT2D eigenvalue weighted by atomic mass is 16.5. The van der Waals surface area contributed by atoms with Crippen LogP contribution in [-0.2, 0) is 20.9 Å². The van der Waals surface area contributed by atoms with Crippen LogP contribution in [0.5, 0.6) is 5.75 Å². The second-order valence-electron chi connectivity index (χ2n) is 4.73. The lowest BCUT2D eigenvalue weighted by atomic mass is 10.2. The van der Waals surface area contributed by atoms with Gasteiger partial charge in [-0.3, -0.25) is 4.79 Å². The molecule has 0 aliphatic rings. The first-order chi connectivity index (χ1) is 10.2. The number of carbonyl (C=O) groups is 2. The van der Waals surface area contributed by atoms with Crippen LogP contribution >= 0.6 is 0 Å². The Balaban J connectivity index is 2.24. The van der Waals surface area contributed by atoms with Crippen LogP contribution in [0.4, 0.5) is 0 Å². The van der Waals surface area contributed by atoms with Crippen LogP contribution in [0.25, 0.3) is 0 Å². The monoisotopic (exact) mass is 293 g/mol. The van der Waals surface area contributed by atoms with Crippen molar-refractivity contribution in [1.29, 1.82) is 0 Å². The summed E-state index contributed by atoms with van der Waals surface area (Å²) in [5.74, 6) is -0.780. The molecule has 0 fully saturated rings. The molecule has 1 aromatic rings. The number of carbonyl (C=O) groups excluding carboxylic acids is 2. The Hall–Kier alpha value is -2.04. The molecule has 0 spiro atoms. The quantitative estimate of drug-likeness (QED) is 0.454. The minimum Gasteiger partial charge on any atom is -0.497 e. The topological polar surface area (TPSA) is 64.6 Å². The van der Waals surface area contributed by atoms with Crippen molar-refractivity contribution in [1.82, 2.24) is 5.32 Å². The van der Waals surface area contributed by atoms with Gasteiger partial charge < -0.3 is 14.8 Å². The summed E-state index contributed by atoms with van der Waals surface area (Å²) in [7, 11) is 1.59. The molecule has 0 unspecified atom stereocenters. The van der Waals surface area contributed by atoms with Gasteiger partial charge in [-0.15, -0.1) is 0 Å². The Morgan fingerprint density at radius 3 is 2.43 bits per heavy atom. The highest BCUT2D eigenvalue weighted by Gasteiger charge is 2.14. The van der Waals surface area contributed by atoms with Crippen molar-refractivity contribution < 1.29 is 19.1 Å². The maximum Gasteiger partial charge on any atom is 0.396 e. The van der Waals surface area contributed by atoms with Gasteiger partial charge in [-0.05, 0) is 24.1 Å². The van der Waals surface area contributed by atoms with Crippen LogP contribution in [0.2, 0.25) is 0 Å². The van der Waals surface area contributed by atoms with Crippen LogP contribution < -0.4 is 10.1 Å². The fourth-order valence-corrected chi connectivity index (χ4v) is 1.76. The number of hydrogen-bond donors (Lipinski definition) is 1. The minimum absolute atomic E-state index is 0.285. The summed E-state index contributed by atoms with van der Waals surface area (Å²) >= 11 is 0. The molecule has 116 valence electrons. The first kappa shape index (κ1) is 17.0. The predicted molar refractivity (Wildman–Crippen MR) is 79.9 cm³/mol. The number of rotatable bonds is 8. The Labute approximate surface area is 125 Å². The zero-order chi connectivity index (χ0) is 15.5. The van der Waals surface area contributed by atoms with Crippen molar-refractivity contribution in [2.24, 2.45) is 0 Å². The number of methoxy groups -OCH3 is 1. The summed E-state index contributed by atoms with van der Waals surface area (Å²) in [5.41, 5.74) is 0.889. The maximum absolute atomic E-state index is 11.5. The highest BCUT2D eigenvalue weighted by Crippen LogP contribution is 2.10. The number of amides is 1. The number of hydrogen-bond acceptors (Lipinski definition) is 4. The highest BCUT2D eigenvalue weighted by molar-refractivity contribution is 6.32. The van der Waals surface area contributed by atoms with Crippen molar-refractivity contribution in [3.63, 3.8) is 0 Å². The van der Waals surface area contributed by atoms with E-state index in [4.69, 9.17) is 9.47 Å². The number of nitrogens with one attached hydrogen (secondary N) is 1. The molecule has 1 aromatic carbocycles. The SMILES string of the molecule is CCCCCCOC(=O)C(=O)NCc1ccc(OC)cc1. The van der Waals surface area contributed by atoms with E-state index in [-0.39, 0.29) is 6.54 Å². The van der Waals surface area contributed by atoms with Gasteiger partial charge >= 0.3 is 11.9 Å².